The third kappa shape index (κ3) is 3.91. The summed E-state index contributed by atoms with van der Waals surface area (Å²) in [5.41, 5.74) is 1.20. The van der Waals surface area contributed by atoms with Crippen LogP contribution in [0.5, 0.6) is 11.5 Å². The maximum atomic E-state index is 12.4. The Bertz CT molecular complexity index is 1040. The molecule has 0 atom stereocenters. The maximum Gasteiger partial charge on any atom is 0.269 e. The van der Waals surface area contributed by atoms with Crippen LogP contribution >= 0.6 is 11.8 Å². The van der Waals surface area contributed by atoms with Crippen molar-refractivity contribution in [2.45, 2.75) is 9.79 Å². The van der Waals surface area contributed by atoms with Gasteiger partial charge in [-0.2, -0.15) is 0 Å². The van der Waals surface area contributed by atoms with Crippen molar-refractivity contribution in [3.63, 3.8) is 0 Å². The van der Waals surface area contributed by atoms with Gasteiger partial charge in [-0.3, -0.25) is 14.9 Å². The second kappa shape index (κ2) is 7.61. The van der Waals surface area contributed by atoms with Crippen molar-refractivity contribution in [2.24, 2.45) is 0 Å². The van der Waals surface area contributed by atoms with Crippen LogP contribution in [0.2, 0.25) is 0 Å². The molecule has 4 rings (SSSR count). The number of nitrogens with zero attached hydrogens (tertiary/aromatic N) is 1. The zero-order chi connectivity index (χ0) is 19.5. The van der Waals surface area contributed by atoms with E-state index in [9.17, 15) is 14.9 Å². The van der Waals surface area contributed by atoms with Crippen molar-refractivity contribution >= 4 is 29.0 Å². The number of rotatable bonds is 5. The third-order valence-electron chi connectivity index (χ3n) is 4.03. The molecule has 8 heteroatoms. The first-order valence-electron chi connectivity index (χ1n) is 8.32. The van der Waals surface area contributed by atoms with Crippen molar-refractivity contribution in [2.75, 3.05) is 12.1 Å². The van der Waals surface area contributed by atoms with Crippen molar-refractivity contribution in [1.29, 1.82) is 0 Å². The number of carbonyl (C=O) groups excluding carboxylic acids is 1. The molecule has 0 aliphatic carbocycles. The van der Waals surface area contributed by atoms with E-state index in [2.05, 4.69) is 5.32 Å². The van der Waals surface area contributed by atoms with E-state index in [-0.39, 0.29) is 18.4 Å². The summed E-state index contributed by atoms with van der Waals surface area (Å²) in [6.07, 6.45) is 0. The maximum absolute atomic E-state index is 12.4. The average Bonchev–Trinajstić information content (AvgIpc) is 3.17. The molecule has 1 aliphatic heterocycles. The Morgan fingerprint density at radius 3 is 2.25 bits per heavy atom. The Morgan fingerprint density at radius 2 is 1.57 bits per heavy atom. The van der Waals surface area contributed by atoms with Gasteiger partial charge in [0.2, 0.25) is 6.79 Å². The molecule has 0 bridgehead atoms. The summed E-state index contributed by atoms with van der Waals surface area (Å²) in [6, 6.07) is 18.8. The molecular weight excluding hydrogens is 380 g/mol. The summed E-state index contributed by atoms with van der Waals surface area (Å²) in [4.78, 5) is 24.5. The van der Waals surface area contributed by atoms with Gasteiger partial charge in [0.25, 0.3) is 11.6 Å². The minimum absolute atomic E-state index is 0.0610. The molecule has 0 saturated heterocycles. The molecule has 1 N–H and O–H groups in total. The standard InChI is InChI=1S/C20H14N2O5S/c23-20(13-1-10-18-19(11-13)27-12-26-18)21-14-2-6-16(7-3-14)28-17-8-4-15(5-9-17)22(24)25/h1-11H,12H2,(H,21,23). The SMILES string of the molecule is O=C(Nc1ccc(Sc2ccc([N+](=O)[O-])cc2)cc1)c1ccc2c(c1)OCO2. The number of carbonyl (C=O) groups is 1. The summed E-state index contributed by atoms with van der Waals surface area (Å²) in [7, 11) is 0. The van der Waals surface area contributed by atoms with Crippen molar-refractivity contribution in [3.05, 3.63) is 82.4 Å². The van der Waals surface area contributed by atoms with E-state index < -0.39 is 4.92 Å². The Labute approximate surface area is 164 Å². The Hall–Kier alpha value is -3.52. The molecule has 0 spiro atoms. The molecule has 0 unspecified atom stereocenters. The van der Waals surface area contributed by atoms with Gasteiger partial charge in [-0.1, -0.05) is 11.8 Å². The smallest absolute Gasteiger partial charge is 0.269 e. The minimum Gasteiger partial charge on any atom is -0.454 e. The number of benzene rings is 3. The Kier molecular flexibility index (Phi) is 4.86. The van der Waals surface area contributed by atoms with E-state index in [1.807, 2.05) is 12.1 Å². The van der Waals surface area contributed by atoms with Crippen molar-refractivity contribution < 1.29 is 19.2 Å². The van der Waals surface area contributed by atoms with Crippen LogP contribution in [0.1, 0.15) is 10.4 Å². The topological polar surface area (TPSA) is 90.7 Å². The van der Waals surface area contributed by atoms with E-state index >= 15 is 0 Å². The second-order valence-electron chi connectivity index (χ2n) is 5.90. The van der Waals surface area contributed by atoms with Gasteiger partial charge in [-0.05, 0) is 54.6 Å². The van der Waals surface area contributed by atoms with Gasteiger partial charge in [0, 0.05) is 33.2 Å². The summed E-state index contributed by atoms with van der Waals surface area (Å²) in [5.74, 6) is 0.945. The molecule has 0 aromatic heterocycles. The summed E-state index contributed by atoms with van der Waals surface area (Å²) < 4.78 is 10.5. The van der Waals surface area contributed by atoms with Crippen LogP contribution in [0.25, 0.3) is 0 Å². The van der Waals surface area contributed by atoms with Crippen LogP contribution in [0.15, 0.2) is 76.5 Å². The predicted octanol–water partition coefficient (Wildman–Crippen LogP) is 4.73. The van der Waals surface area contributed by atoms with E-state index in [0.29, 0.717) is 22.7 Å². The summed E-state index contributed by atoms with van der Waals surface area (Å²) in [6.45, 7) is 0.161. The number of nitro groups is 1. The van der Waals surface area contributed by atoms with Gasteiger partial charge in [0.1, 0.15) is 0 Å². The molecule has 0 fully saturated rings. The van der Waals surface area contributed by atoms with Crippen LogP contribution in [-0.4, -0.2) is 17.6 Å². The second-order valence-corrected chi connectivity index (χ2v) is 7.05. The fraction of sp³-hybridized carbons (Fsp3) is 0.0500. The summed E-state index contributed by atoms with van der Waals surface area (Å²) in [5, 5.41) is 13.5. The number of hydrogen-bond acceptors (Lipinski definition) is 6. The number of amides is 1. The number of ether oxygens (including phenoxy) is 2. The van der Waals surface area contributed by atoms with Crippen molar-refractivity contribution in [1.82, 2.24) is 0 Å². The number of fused-ring (bicyclic) bond motifs is 1. The van der Waals surface area contributed by atoms with Gasteiger partial charge >= 0.3 is 0 Å². The third-order valence-corrected chi connectivity index (χ3v) is 5.05. The lowest BCUT2D eigenvalue weighted by molar-refractivity contribution is -0.384. The molecule has 7 nitrogen and oxygen atoms in total. The first-order chi connectivity index (χ1) is 13.6. The number of anilines is 1. The molecule has 0 radical (unpaired) electrons. The molecule has 1 aliphatic rings. The van der Waals surface area contributed by atoms with E-state index in [4.69, 9.17) is 9.47 Å². The zero-order valence-electron chi connectivity index (χ0n) is 14.5. The number of non-ortho nitro benzene ring substituents is 1. The number of nitro benzene ring substituents is 1. The normalized spacial score (nSPS) is 11.9. The van der Waals surface area contributed by atoms with Crippen LogP contribution in [-0.2, 0) is 0 Å². The van der Waals surface area contributed by atoms with Crippen LogP contribution in [0.3, 0.4) is 0 Å². The highest BCUT2D eigenvalue weighted by Gasteiger charge is 2.16. The molecule has 0 saturated carbocycles. The van der Waals surface area contributed by atoms with Gasteiger partial charge in [0.15, 0.2) is 11.5 Å². The monoisotopic (exact) mass is 394 g/mol. The van der Waals surface area contributed by atoms with Gasteiger partial charge in [-0.15, -0.1) is 0 Å². The quantitative estimate of drug-likeness (QED) is 0.497. The fourth-order valence-electron chi connectivity index (χ4n) is 2.62. The molecular formula is C20H14N2O5S. The largest absolute Gasteiger partial charge is 0.454 e. The molecule has 1 heterocycles. The van der Waals surface area contributed by atoms with Crippen molar-refractivity contribution in [3.8, 4) is 11.5 Å². The fourth-order valence-corrected chi connectivity index (χ4v) is 3.44. The Morgan fingerprint density at radius 1 is 0.929 bits per heavy atom. The minimum atomic E-state index is -0.425. The highest BCUT2D eigenvalue weighted by molar-refractivity contribution is 7.99. The highest BCUT2D eigenvalue weighted by atomic mass is 32.2. The molecule has 28 heavy (non-hydrogen) atoms. The molecule has 3 aromatic rings. The zero-order valence-corrected chi connectivity index (χ0v) is 15.3. The van der Waals surface area contributed by atoms with Gasteiger partial charge in [-0.25, -0.2) is 0 Å². The lowest BCUT2D eigenvalue weighted by Crippen LogP contribution is -2.11. The number of nitrogens with one attached hydrogen (secondary N) is 1. The summed E-state index contributed by atoms with van der Waals surface area (Å²) >= 11 is 1.48. The Balaban J connectivity index is 1.40. The van der Waals surface area contributed by atoms with Crippen LogP contribution < -0.4 is 14.8 Å². The first kappa shape index (κ1) is 17.9. The van der Waals surface area contributed by atoms with Gasteiger partial charge in [0.05, 0.1) is 4.92 Å². The lowest BCUT2D eigenvalue weighted by Gasteiger charge is -2.07. The van der Waals surface area contributed by atoms with Crippen LogP contribution in [0.4, 0.5) is 11.4 Å². The highest BCUT2D eigenvalue weighted by Crippen LogP contribution is 2.33. The predicted molar refractivity (Wildman–Crippen MR) is 104 cm³/mol. The lowest BCUT2D eigenvalue weighted by atomic mass is 10.2. The molecule has 140 valence electrons. The van der Waals surface area contributed by atoms with Crippen LogP contribution in [0, 0.1) is 10.1 Å². The van der Waals surface area contributed by atoms with Gasteiger partial charge < -0.3 is 14.8 Å². The van der Waals surface area contributed by atoms with E-state index in [0.717, 1.165) is 9.79 Å². The average molecular weight is 394 g/mol. The molecule has 1 amide bonds. The first-order valence-corrected chi connectivity index (χ1v) is 9.13. The molecule has 3 aromatic carbocycles. The van der Waals surface area contributed by atoms with E-state index in [1.165, 1.54) is 23.9 Å². The van der Waals surface area contributed by atoms with E-state index in [1.54, 1.807) is 42.5 Å². The number of hydrogen-bond donors (Lipinski definition) is 1.